The lowest BCUT2D eigenvalue weighted by atomic mass is 9.49. The number of carbonyl (C=O) groups is 1. The number of alkyl halides is 3. The molecular formula is C46H55ClF3NO6S. The molecule has 2 aromatic carbocycles. The van der Waals surface area contributed by atoms with Crippen LogP contribution in [0, 0.1) is 28.6 Å². The Morgan fingerprint density at radius 3 is 2.31 bits per heavy atom. The molecule has 1 aromatic heterocycles. The third-order valence-electron chi connectivity index (χ3n) is 14.9. The number of carbonyl (C=O) groups excluding carboxylic acids is 1. The van der Waals surface area contributed by atoms with Gasteiger partial charge in [0.1, 0.15) is 5.76 Å². The second kappa shape index (κ2) is 15.2. The van der Waals surface area contributed by atoms with E-state index in [4.69, 9.17) is 16.0 Å². The van der Waals surface area contributed by atoms with Crippen molar-refractivity contribution >= 4 is 27.4 Å². The van der Waals surface area contributed by atoms with Crippen molar-refractivity contribution in [3.8, 4) is 11.3 Å². The molecular weight excluding hydrogens is 787 g/mol. The molecule has 5 fully saturated rings. The molecule has 58 heavy (non-hydrogen) atoms. The lowest BCUT2D eigenvalue weighted by Gasteiger charge is -2.58. The van der Waals surface area contributed by atoms with E-state index in [2.05, 4.69) is 6.08 Å². The average Bonchev–Trinajstić information content (AvgIpc) is 3.71. The van der Waals surface area contributed by atoms with Crippen molar-refractivity contribution < 1.29 is 41.0 Å². The molecule has 0 spiro atoms. The fourth-order valence-electron chi connectivity index (χ4n) is 12.3. The third-order valence-corrected chi connectivity index (χ3v) is 16.4. The number of halogens is 4. The monoisotopic (exact) mass is 841 g/mol. The first-order valence-corrected chi connectivity index (χ1v) is 23.1. The van der Waals surface area contributed by atoms with Gasteiger partial charge in [-0.15, -0.1) is 0 Å². The van der Waals surface area contributed by atoms with Gasteiger partial charge in [-0.2, -0.15) is 17.5 Å². The molecule has 3 aromatic rings. The average molecular weight is 842 g/mol. The zero-order chi connectivity index (χ0) is 41.4. The Bertz CT molecular complexity index is 2180. The molecule has 0 aliphatic heterocycles. The van der Waals surface area contributed by atoms with E-state index >= 15 is 0 Å². The number of aliphatic hydroxyl groups excluding tert-OH is 1. The van der Waals surface area contributed by atoms with Crippen LogP contribution in [0.2, 0.25) is 5.02 Å². The van der Waals surface area contributed by atoms with Crippen molar-refractivity contribution in [2.24, 2.45) is 28.6 Å². The maximum absolute atomic E-state index is 14.7. The molecule has 1 heterocycles. The van der Waals surface area contributed by atoms with E-state index in [-0.39, 0.29) is 40.0 Å². The van der Waals surface area contributed by atoms with Crippen molar-refractivity contribution in [2.45, 2.75) is 121 Å². The van der Waals surface area contributed by atoms with Crippen molar-refractivity contribution in [3.05, 3.63) is 93.2 Å². The summed E-state index contributed by atoms with van der Waals surface area (Å²) >= 11 is 6.34. The summed E-state index contributed by atoms with van der Waals surface area (Å²) in [6, 6.07) is 11.4. The summed E-state index contributed by atoms with van der Waals surface area (Å²) in [6.07, 6.45) is 8.45. The molecule has 10 rings (SSSR count). The van der Waals surface area contributed by atoms with Gasteiger partial charge in [0.2, 0.25) is 15.8 Å². The van der Waals surface area contributed by atoms with E-state index in [1.807, 2.05) is 26.0 Å². The zero-order valence-electron chi connectivity index (χ0n) is 33.6. The number of hydrogen-bond donors (Lipinski definition) is 2. The Labute approximate surface area is 345 Å². The molecule has 0 amide bonds. The number of benzene rings is 2. The van der Waals surface area contributed by atoms with E-state index in [1.54, 1.807) is 10.4 Å². The standard InChI is InChI=1S/C46H55ClF3NO6S/c1-28-5-4-15-43(2)38(14-16-45(43,54)27-51(58(3,55)56)26-44-23-30-17-31(24-44)19-32(18-30)25-44)35-10-7-29(20-34(52)9-6-28)21-36(35)42(53)41-13-12-40(57-41)37-22-33(46(48,49)50)8-11-39(37)47/h5,7-8,10-13,21-22,30-32,34,38,52,54H,4,6,9,14-20,23-27H2,1-3H3/t30?,31?,32?,34-,38-,43-,44?,45+/m0/s1. The summed E-state index contributed by atoms with van der Waals surface area (Å²) in [7, 11) is -3.70. The predicted octanol–water partition coefficient (Wildman–Crippen LogP) is 10.4. The maximum Gasteiger partial charge on any atom is 0.416 e. The van der Waals surface area contributed by atoms with Crippen LogP contribution in [-0.4, -0.2) is 59.8 Å². The lowest BCUT2D eigenvalue weighted by Crippen LogP contribution is -2.57. The fraction of sp³-hybridized carbons (Fsp3) is 0.587. The first kappa shape index (κ1) is 41.8. The molecule has 12 heteroatoms. The number of furan rings is 1. The Morgan fingerprint density at radius 1 is 0.966 bits per heavy atom. The molecule has 5 saturated carbocycles. The SMILES string of the molecule is CC1=CCC[C@@]2(C)[C@@H](CC[C@@]2(O)CN(CC23CC4CC(CC(C4)C2)C3)S(C)(=O)=O)c2ccc(cc2C(=O)c2ccc(-c3cc(C(F)(F)F)ccc3Cl)o2)C[C@@H](O)CC1. The van der Waals surface area contributed by atoms with Gasteiger partial charge in [-0.25, -0.2) is 8.42 Å². The summed E-state index contributed by atoms with van der Waals surface area (Å²) in [6.45, 7) is 4.47. The molecule has 0 unspecified atom stereocenters. The minimum atomic E-state index is -4.61. The molecule has 7 aliphatic rings. The molecule has 0 saturated heterocycles. The minimum Gasteiger partial charge on any atom is -0.453 e. The van der Waals surface area contributed by atoms with Crippen LogP contribution in [0.15, 0.2) is 64.6 Å². The summed E-state index contributed by atoms with van der Waals surface area (Å²) < 4.78 is 76.0. The number of allylic oxidation sites excluding steroid dienone is 2. The van der Waals surface area contributed by atoms with Gasteiger partial charge in [-0.1, -0.05) is 42.3 Å². The molecule has 0 radical (unpaired) electrons. The van der Waals surface area contributed by atoms with E-state index < -0.39 is 44.7 Å². The van der Waals surface area contributed by atoms with Gasteiger partial charge in [0.25, 0.3) is 0 Å². The number of rotatable bonds is 8. The number of hydrogen-bond acceptors (Lipinski definition) is 6. The van der Waals surface area contributed by atoms with Crippen molar-refractivity contribution in [3.63, 3.8) is 0 Å². The highest BCUT2D eigenvalue weighted by molar-refractivity contribution is 7.88. The first-order chi connectivity index (χ1) is 27.2. The maximum atomic E-state index is 14.7. The molecule has 2 N–H and O–H groups in total. The molecule has 6 bridgehead atoms. The van der Waals surface area contributed by atoms with Gasteiger partial charge in [0.05, 0.1) is 28.5 Å². The van der Waals surface area contributed by atoms with Gasteiger partial charge in [-0.3, -0.25) is 4.79 Å². The first-order valence-electron chi connectivity index (χ1n) is 20.9. The summed E-state index contributed by atoms with van der Waals surface area (Å²) in [5, 5.41) is 24.2. The quantitative estimate of drug-likeness (QED) is 0.173. The number of nitrogens with zero attached hydrogens (tertiary/aromatic N) is 1. The Kier molecular flexibility index (Phi) is 10.9. The molecule has 314 valence electrons. The van der Waals surface area contributed by atoms with Crippen LogP contribution < -0.4 is 0 Å². The van der Waals surface area contributed by atoms with Crippen molar-refractivity contribution in [1.29, 1.82) is 0 Å². The largest absolute Gasteiger partial charge is 0.453 e. The van der Waals surface area contributed by atoms with Crippen LogP contribution in [0.5, 0.6) is 0 Å². The minimum absolute atomic E-state index is 0.00264. The van der Waals surface area contributed by atoms with Crippen molar-refractivity contribution in [2.75, 3.05) is 19.3 Å². The fourth-order valence-corrected chi connectivity index (χ4v) is 13.4. The highest BCUT2D eigenvalue weighted by atomic mass is 35.5. The topological polar surface area (TPSA) is 108 Å². The zero-order valence-corrected chi connectivity index (χ0v) is 35.2. The Hall–Kier alpha value is -2.96. The highest BCUT2D eigenvalue weighted by Gasteiger charge is 2.59. The normalized spacial score (nSPS) is 32.7. The Morgan fingerprint density at radius 2 is 1.66 bits per heavy atom. The van der Waals surface area contributed by atoms with Crippen LogP contribution in [0.3, 0.4) is 0 Å². The number of ketones is 1. The summed E-state index contributed by atoms with van der Waals surface area (Å²) in [4.78, 5) is 14.7. The van der Waals surface area contributed by atoms with Gasteiger partial charge in [0.15, 0.2) is 5.76 Å². The molecule has 7 aliphatic carbocycles. The number of aliphatic hydroxyl groups is 2. The van der Waals surface area contributed by atoms with E-state index in [0.717, 1.165) is 48.6 Å². The van der Waals surface area contributed by atoms with Crippen LogP contribution in [0.4, 0.5) is 13.2 Å². The second-order valence-electron chi connectivity index (χ2n) is 19.1. The summed E-state index contributed by atoms with van der Waals surface area (Å²) in [5.74, 6) is 1.01. The highest BCUT2D eigenvalue weighted by Crippen LogP contribution is 2.62. The van der Waals surface area contributed by atoms with Gasteiger partial charge < -0.3 is 14.6 Å². The van der Waals surface area contributed by atoms with E-state index in [0.29, 0.717) is 80.4 Å². The number of fused-ring (bicyclic) bond motifs is 8. The lowest BCUT2D eigenvalue weighted by molar-refractivity contribution is -0.137. The van der Waals surface area contributed by atoms with Crippen molar-refractivity contribution in [1.82, 2.24) is 4.31 Å². The van der Waals surface area contributed by atoms with Gasteiger partial charge in [-0.05, 0) is 167 Å². The van der Waals surface area contributed by atoms with Gasteiger partial charge in [0, 0.05) is 29.6 Å². The molecule has 4 atom stereocenters. The van der Waals surface area contributed by atoms with E-state index in [9.17, 15) is 36.6 Å². The second-order valence-corrected chi connectivity index (χ2v) is 21.5. The number of sulfonamides is 1. The van der Waals surface area contributed by atoms with Crippen LogP contribution in [-0.2, 0) is 22.6 Å². The van der Waals surface area contributed by atoms with Crippen LogP contribution in [0.25, 0.3) is 11.3 Å². The predicted molar refractivity (Wildman–Crippen MR) is 218 cm³/mol. The Balaban J connectivity index is 1.17. The molecule has 7 nitrogen and oxygen atoms in total. The van der Waals surface area contributed by atoms with Gasteiger partial charge >= 0.3 is 6.18 Å². The third kappa shape index (κ3) is 7.99. The van der Waals surface area contributed by atoms with Crippen LogP contribution >= 0.6 is 11.6 Å². The van der Waals surface area contributed by atoms with Crippen LogP contribution in [0.1, 0.15) is 130 Å². The summed E-state index contributed by atoms with van der Waals surface area (Å²) in [5.41, 5.74) is -0.387. The smallest absolute Gasteiger partial charge is 0.416 e. The van der Waals surface area contributed by atoms with E-state index in [1.165, 1.54) is 37.7 Å².